The summed E-state index contributed by atoms with van der Waals surface area (Å²) in [6.45, 7) is 6.57. The second kappa shape index (κ2) is 8.43. The highest BCUT2D eigenvalue weighted by molar-refractivity contribution is 6.06. The Hall–Kier alpha value is -3.55. The van der Waals surface area contributed by atoms with E-state index in [4.69, 9.17) is 10.1 Å². The Labute approximate surface area is 162 Å². The molecule has 144 valence electrons. The Kier molecular flexibility index (Phi) is 5.78. The minimum atomic E-state index is -0.411. The Morgan fingerprint density at radius 1 is 1.36 bits per heavy atom. The quantitative estimate of drug-likeness (QED) is 0.777. The third-order valence-electron chi connectivity index (χ3n) is 4.32. The zero-order valence-corrected chi connectivity index (χ0v) is 15.6. The first kappa shape index (κ1) is 19.2. The largest absolute Gasteiger partial charge is 0.450 e. The van der Waals surface area contributed by atoms with Crippen molar-refractivity contribution >= 4 is 23.5 Å². The summed E-state index contributed by atoms with van der Waals surface area (Å²) in [6.07, 6.45) is 3.36. The lowest BCUT2D eigenvalue weighted by Gasteiger charge is -2.27. The highest BCUT2D eigenvalue weighted by Gasteiger charge is 2.23. The van der Waals surface area contributed by atoms with Crippen LogP contribution in [0.25, 0.3) is 0 Å². The number of nitrogens with one attached hydrogen (secondary N) is 2. The van der Waals surface area contributed by atoms with Crippen molar-refractivity contribution in [1.29, 1.82) is 5.41 Å². The molecular weight excluding hydrogens is 358 g/mol. The minimum absolute atomic E-state index is 0.169. The van der Waals surface area contributed by atoms with Crippen molar-refractivity contribution in [3.8, 4) is 0 Å². The lowest BCUT2D eigenvalue weighted by atomic mass is 10.0. The van der Waals surface area contributed by atoms with Crippen LogP contribution in [0.1, 0.15) is 34.2 Å². The average molecular weight is 379 g/mol. The second-order valence-electron chi connectivity index (χ2n) is 6.19. The summed E-state index contributed by atoms with van der Waals surface area (Å²) >= 11 is 0. The lowest BCUT2D eigenvalue weighted by molar-refractivity contribution is 0.102. The maximum Gasteiger partial charge on any atom is 0.410 e. The number of carbonyl (C=O) groups excluding carboxylic acids is 2. The molecule has 2 N–H and O–H groups in total. The number of ether oxygens (including phenoxy) is 1. The van der Waals surface area contributed by atoms with Gasteiger partial charge in [-0.3, -0.25) is 15.2 Å². The molecular formula is C20H21N5O3. The summed E-state index contributed by atoms with van der Waals surface area (Å²) in [5, 5.41) is 10.5. The van der Waals surface area contributed by atoms with E-state index in [0.717, 1.165) is 11.1 Å². The molecule has 1 aliphatic heterocycles. The molecule has 8 heteroatoms. The average Bonchev–Trinajstić information content (AvgIpc) is 2.72. The van der Waals surface area contributed by atoms with Gasteiger partial charge in [-0.05, 0) is 48.7 Å². The number of pyridine rings is 2. The van der Waals surface area contributed by atoms with Crippen LogP contribution in [0.4, 0.5) is 10.6 Å². The Bertz CT molecular complexity index is 941. The molecule has 2 aromatic rings. The molecule has 0 saturated heterocycles. The number of fused-ring (bicyclic) bond motifs is 1. The van der Waals surface area contributed by atoms with Gasteiger partial charge in [-0.15, -0.1) is 0 Å². The SMILES string of the molecule is C=CC(=N)c1cccc(NC(=O)c2cc3c(cn2)CCN(C(=O)OCC)C3)n1. The van der Waals surface area contributed by atoms with Crippen LogP contribution in [0.3, 0.4) is 0 Å². The fraction of sp³-hybridized carbons (Fsp3) is 0.250. The van der Waals surface area contributed by atoms with E-state index in [2.05, 4.69) is 21.9 Å². The number of aromatic nitrogens is 2. The van der Waals surface area contributed by atoms with Gasteiger partial charge in [0.1, 0.15) is 11.5 Å². The molecule has 0 atom stereocenters. The van der Waals surface area contributed by atoms with Gasteiger partial charge in [0.05, 0.1) is 18.0 Å². The van der Waals surface area contributed by atoms with Gasteiger partial charge >= 0.3 is 6.09 Å². The fourth-order valence-electron chi connectivity index (χ4n) is 2.87. The molecule has 0 spiro atoms. The van der Waals surface area contributed by atoms with E-state index in [-0.39, 0.29) is 17.5 Å². The van der Waals surface area contributed by atoms with Gasteiger partial charge in [-0.1, -0.05) is 12.6 Å². The van der Waals surface area contributed by atoms with Crippen molar-refractivity contribution < 1.29 is 14.3 Å². The van der Waals surface area contributed by atoms with Crippen LogP contribution < -0.4 is 5.32 Å². The highest BCUT2D eigenvalue weighted by atomic mass is 16.6. The number of carbonyl (C=O) groups is 2. The second-order valence-corrected chi connectivity index (χ2v) is 6.19. The summed E-state index contributed by atoms with van der Waals surface area (Å²) in [4.78, 5) is 34.6. The number of amides is 2. The number of allylic oxidation sites excluding steroid dienone is 1. The monoisotopic (exact) mass is 379 g/mol. The number of hydrogen-bond acceptors (Lipinski definition) is 6. The molecule has 28 heavy (non-hydrogen) atoms. The maximum atomic E-state index is 12.6. The van der Waals surface area contributed by atoms with Crippen LogP contribution in [-0.2, 0) is 17.7 Å². The van der Waals surface area contributed by atoms with Crippen molar-refractivity contribution in [3.05, 3.63) is 65.6 Å². The molecule has 3 heterocycles. The first-order valence-electron chi connectivity index (χ1n) is 8.91. The fourth-order valence-corrected chi connectivity index (χ4v) is 2.87. The molecule has 0 saturated carbocycles. The number of hydrogen-bond donors (Lipinski definition) is 2. The van der Waals surface area contributed by atoms with Crippen molar-refractivity contribution in [3.63, 3.8) is 0 Å². The van der Waals surface area contributed by atoms with Crippen LogP contribution in [0.5, 0.6) is 0 Å². The van der Waals surface area contributed by atoms with Crippen LogP contribution in [0, 0.1) is 5.41 Å². The molecule has 0 fully saturated rings. The van der Waals surface area contributed by atoms with E-state index < -0.39 is 5.91 Å². The summed E-state index contributed by atoms with van der Waals surface area (Å²) < 4.78 is 5.05. The van der Waals surface area contributed by atoms with Crippen molar-refractivity contribution in [2.45, 2.75) is 19.9 Å². The highest BCUT2D eigenvalue weighted by Crippen LogP contribution is 2.20. The summed E-state index contributed by atoms with van der Waals surface area (Å²) in [7, 11) is 0. The predicted octanol–water partition coefficient (Wildman–Crippen LogP) is 2.80. The zero-order valence-electron chi connectivity index (χ0n) is 15.6. The number of anilines is 1. The molecule has 0 aliphatic carbocycles. The van der Waals surface area contributed by atoms with Crippen LogP contribution >= 0.6 is 0 Å². The zero-order chi connectivity index (χ0) is 20.1. The molecule has 0 aromatic carbocycles. The van der Waals surface area contributed by atoms with Crippen molar-refractivity contribution in [1.82, 2.24) is 14.9 Å². The van der Waals surface area contributed by atoms with E-state index in [0.29, 0.717) is 37.6 Å². The molecule has 0 bridgehead atoms. The Morgan fingerprint density at radius 2 is 2.18 bits per heavy atom. The smallest absolute Gasteiger partial charge is 0.410 e. The molecule has 2 aromatic heterocycles. The van der Waals surface area contributed by atoms with E-state index in [1.165, 1.54) is 6.08 Å². The summed E-state index contributed by atoms with van der Waals surface area (Å²) in [6, 6.07) is 6.69. The molecule has 8 nitrogen and oxygen atoms in total. The standard InChI is InChI=1S/C20H21N5O3/c1-3-15(21)16-6-5-7-18(23-16)24-19(26)17-10-14-12-25(20(27)28-4-2)9-8-13(14)11-22-17/h3,5-7,10-11,21H,1,4,8-9,12H2,2H3,(H,23,24,26). The molecule has 0 radical (unpaired) electrons. The normalized spacial score (nSPS) is 12.7. The number of rotatable bonds is 5. The van der Waals surface area contributed by atoms with Gasteiger partial charge in [0.25, 0.3) is 5.91 Å². The van der Waals surface area contributed by atoms with Crippen molar-refractivity contribution in [2.24, 2.45) is 0 Å². The first-order chi connectivity index (χ1) is 13.5. The molecule has 0 unspecified atom stereocenters. The van der Waals surface area contributed by atoms with Crippen LogP contribution in [0.15, 0.2) is 43.1 Å². The molecule has 1 aliphatic rings. The third-order valence-corrected chi connectivity index (χ3v) is 4.32. The molecule has 2 amide bonds. The van der Waals surface area contributed by atoms with Gasteiger partial charge in [0.15, 0.2) is 0 Å². The van der Waals surface area contributed by atoms with Crippen LogP contribution in [-0.4, -0.2) is 45.7 Å². The lowest BCUT2D eigenvalue weighted by Crippen LogP contribution is -2.36. The van der Waals surface area contributed by atoms with Gasteiger partial charge in [-0.2, -0.15) is 0 Å². The summed E-state index contributed by atoms with van der Waals surface area (Å²) in [5.74, 6) is -0.0902. The Balaban J connectivity index is 1.75. The predicted molar refractivity (Wildman–Crippen MR) is 105 cm³/mol. The van der Waals surface area contributed by atoms with E-state index in [1.807, 2.05) is 0 Å². The topological polar surface area (TPSA) is 108 Å². The maximum absolute atomic E-state index is 12.6. The van der Waals surface area contributed by atoms with Gasteiger partial charge in [0.2, 0.25) is 0 Å². The Morgan fingerprint density at radius 3 is 2.93 bits per heavy atom. The minimum Gasteiger partial charge on any atom is -0.450 e. The van der Waals surface area contributed by atoms with Gasteiger partial charge < -0.3 is 15.0 Å². The number of nitrogens with zero attached hydrogens (tertiary/aromatic N) is 3. The van der Waals surface area contributed by atoms with Crippen molar-refractivity contribution in [2.75, 3.05) is 18.5 Å². The molecule has 3 rings (SSSR count). The summed E-state index contributed by atoms with van der Waals surface area (Å²) in [5.41, 5.74) is 2.69. The first-order valence-corrected chi connectivity index (χ1v) is 8.91. The van der Waals surface area contributed by atoms with Crippen LogP contribution in [0.2, 0.25) is 0 Å². The van der Waals surface area contributed by atoms with E-state index in [1.54, 1.807) is 42.3 Å². The van der Waals surface area contributed by atoms with Gasteiger partial charge in [0, 0.05) is 19.3 Å². The van der Waals surface area contributed by atoms with E-state index >= 15 is 0 Å². The van der Waals surface area contributed by atoms with Gasteiger partial charge in [-0.25, -0.2) is 9.78 Å². The van der Waals surface area contributed by atoms with E-state index in [9.17, 15) is 9.59 Å². The third kappa shape index (κ3) is 4.22.